The Morgan fingerprint density at radius 3 is 2.28 bits per heavy atom. The van der Waals surface area contributed by atoms with Gasteiger partial charge in [0, 0.05) is 11.5 Å². The summed E-state index contributed by atoms with van der Waals surface area (Å²) in [6, 6.07) is 10.3. The minimum Gasteiger partial charge on any atom is -0.475 e. The Balaban J connectivity index is 1.65. The number of ketones is 1. The first kappa shape index (κ1) is 24.1. The topological polar surface area (TPSA) is 61.8 Å². The number of carbonyl (C=O) groups is 2. The number of hydrogen-bond acceptors (Lipinski definition) is 5. The lowest BCUT2D eigenvalue weighted by Gasteiger charge is -2.24. The van der Waals surface area contributed by atoms with Crippen LogP contribution in [0.4, 0.5) is 13.2 Å². The molecule has 9 heteroatoms. The largest absolute Gasteiger partial charge is 0.573 e. The van der Waals surface area contributed by atoms with Gasteiger partial charge in [-0.25, -0.2) is 4.79 Å². The minimum atomic E-state index is -4.78. The normalized spacial score (nSPS) is 18.1. The van der Waals surface area contributed by atoms with Crippen LogP contribution < -0.4 is 9.47 Å². The third-order valence-corrected chi connectivity index (χ3v) is 5.64. The fourth-order valence-corrected chi connectivity index (χ4v) is 3.82. The van der Waals surface area contributed by atoms with Crippen molar-refractivity contribution in [2.75, 3.05) is 6.61 Å². The van der Waals surface area contributed by atoms with E-state index in [9.17, 15) is 22.8 Å². The lowest BCUT2D eigenvalue weighted by atomic mass is 10.0. The fourth-order valence-electron chi connectivity index (χ4n) is 3.34. The molecule has 0 N–H and O–H groups in total. The number of carbonyl (C=O) groups excluding carboxylic acids is 2. The van der Waals surface area contributed by atoms with Crippen molar-refractivity contribution in [3.8, 4) is 11.5 Å². The molecular formula is C23H22BrF3O5. The predicted molar refractivity (Wildman–Crippen MR) is 114 cm³/mol. The van der Waals surface area contributed by atoms with Gasteiger partial charge in [-0.05, 0) is 91.0 Å². The van der Waals surface area contributed by atoms with Crippen molar-refractivity contribution in [1.29, 1.82) is 0 Å². The second kappa shape index (κ2) is 9.13. The maximum atomic E-state index is 12.7. The van der Waals surface area contributed by atoms with E-state index < -0.39 is 17.9 Å². The number of benzene rings is 2. The quantitative estimate of drug-likeness (QED) is 0.316. The predicted octanol–water partition coefficient (Wildman–Crippen LogP) is 6.05. The van der Waals surface area contributed by atoms with Crippen LogP contribution in [0.2, 0.25) is 0 Å². The van der Waals surface area contributed by atoms with E-state index in [1.807, 2.05) is 12.1 Å². The zero-order valence-electron chi connectivity index (χ0n) is 17.7. The first-order valence-electron chi connectivity index (χ1n) is 9.97. The van der Waals surface area contributed by atoms with Gasteiger partial charge in [0.1, 0.15) is 11.5 Å². The Morgan fingerprint density at radius 2 is 1.72 bits per heavy atom. The Bertz CT molecular complexity index is 1000. The van der Waals surface area contributed by atoms with E-state index in [1.54, 1.807) is 26.8 Å². The molecule has 172 valence electrons. The number of rotatable bonds is 8. The number of esters is 1. The van der Waals surface area contributed by atoms with Crippen molar-refractivity contribution in [2.24, 2.45) is 5.92 Å². The first-order chi connectivity index (χ1) is 14.9. The highest BCUT2D eigenvalue weighted by molar-refractivity contribution is 9.10. The molecule has 0 heterocycles. The molecule has 5 nitrogen and oxygen atoms in total. The Hall–Kier alpha value is -2.55. The maximum Gasteiger partial charge on any atom is 0.573 e. The number of Topliss-reactive ketones (excluding diaryl/α,β-unsaturated/α-hetero) is 1. The van der Waals surface area contributed by atoms with Crippen LogP contribution >= 0.6 is 15.9 Å². The van der Waals surface area contributed by atoms with Crippen LogP contribution in [0.5, 0.6) is 11.5 Å². The number of ether oxygens (including phenoxy) is 3. The number of alkyl halides is 3. The van der Waals surface area contributed by atoms with Crippen LogP contribution in [-0.2, 0) is 9.53 Å². The van der Waals surface area contributed by atoms with Gasteiger partial charge in [0.25, 0.3) is 0 Å². The number of halogens is 4. The molecule has 1 aliphatic carbocycles. The van der Waals surface area contributed by atoms with Gasteiger partial charge in [0.05, 0.1) is 11.1 Å². The van der Waals surface area contributed by atoms with Crippen LogP contribution in [0.3, 0.4) is 0 Å². The zero-order chi connectivity index (χ0) is 23.7. The molecule has 0 amide bonds. The molecule has 0 saturated heterocycles. The van der Waals surface area contributed by atoms with Crippen molar-refractivity contribution in [3.63, 3.8) is 0 Å². The summed E-state index contributed by atoms with van der Waals surface area (Å²) in [7, 11) is 0. The maximum absolute atomic E-state index is 12.7. The van der Waals surface area contributed by atoms with Gasteiger partial charge in [-0.15, -0.1) is 13.2 Å². The molecule has 2 aromatic rings. The van der Waals surface area contributed by atoms with Crippen molar-refractivity contribution in [1.82, 2.24) is 0 Å². The summed E-state index contributed by atoms with van der Waals surface area (Å²) in [5.41, 5.74) is 0.0934. The van der Waals surface area contributed by atoms with E-state index in [4.69, 9.17) is 9.47 Å². The molecule has 2 atom stereocenters. The summed E-state index contributed by atoms with van der Waals surface area (Å²) >= 11 is 3.45. The van der Waals surface area contributed by atoms with Gasteiger partial charge < -0.3 is 14.2 Å². The molecule has 2 aromatic carbocycles. The summed E-state index contributed by atoms with van der Waals surface area (Å²) in [6.07, 6.45) is -4.14. The van der Waals surface area contributed by atoms with Crippen molar-refractivity contribution < 1.29 is 37.0 Å². The lowest BCUT2D eigenvalue weighted by molar-refractivity contribution is -0.274. The van der Waals surface area contributed by atoms with Crippen LogP contribution in [0.15, 0.2) is 46.9 Å². The van der Waals surface area contributed by atoms with Gasteiger partial charge in [-0.3, -0.25) is 4.79 Å². The van der Waals surface area contributed by atoms with Gasteiger partial charge in [0.2, 0.25) is 0 Å². The van der Waals surface area contributed by atoms with Crippen LogP contribution in [0, 0.1) is 5.92 Å². The summed E-state index contributed by atoms with van der Waals surface area (Å²) < 4.78 is 52.1. The molecule has 2 unspecified atom stereocenters. The molecule has 1 saturated carbocycles. The number of hydrogen-bond donors (Lipinski definition) is 0. The average Bonchev–Trinajstić information content (AvgIpc) is 3.49. The van der Waals surface area contributed by atoms with E-state index in [0.29, 0.717) is 22.2 Å². The molecular weight excluding hydrogens is 493 g/mol. The Morgan fingerprint density at radius 1 is 1.06 bits per heavy atom. The van der Waals surface area contributed by atoms with Gasteiger partial charge >= 0.3 is 12.3 Å². The molecule has 0 aliphatic heterocycles. The van der Waals surface area contributed by atoms with Crippen molar-refractivity contribution >= 4 is 27.7 Å². The van der Waals surface area contributed by atoms with E-state index in [-0.39, 0.29) is 30.0 Å². The molecule has 3 rings (SSSR count). The van der Waals surface area contributed by atoms with Crippen LogP contribution in [-0.4, -0.2) is 30.3 Å². The molecule has 0 radical (unpaired) electrons. The molecule has 0 bridgehead atoms. The van der Waals surface area contributed by atoms with Crippen molar-refractivity contribution in [3.05, 3.63) is 58.1 Å². The first-order valence-corrected chi connectivity index (χ1v) is 10.8. The SMILES string of the molecule is CCOC(=O)C(C)(C)Oc1ccc(C2CC2C(=O)c2ccc(OC(F)(F)F)cc2)cc1Br. The highest BCUT2D eigenvalue weighted by Crippen LogP contribution is 2.50. The van der Waals surface area contributed by atoms with Gasteiger partial charge in [-0.1, -0.05) is 6.07 Å². The van der Waals surface area contributed by atoms with Gasteiger partial charge in [-0.2, -0.15) is 0 Å². The Labute approximate surface area is 192 Å². The third kappa shape index (κ3) is 5.82. The smallest absolute Gasteiger partial charge is 0.475 e. The van der Waals surface area contributed by atoms with Crippen LogP contribution in [0.25, 0.3) is 0 Å². The summed E-state index contributed by atoms with van der Waals surface area (Å²) in [4.78, 5) is 24.8. The van der Waals surface area contributed by atoms with E-state index >= 15 is 0 Å². The summed E-state index contributed by atoms with van der Waals surface area (Å²) in [5, 5.41) is 0. The third-order valence-electron chi connectivity index (χ3n) is 5.02. The van der Waals surface area contributed by atoms with E-state index in [2.05, 4.69) is 20.7 Å². The highest BCUT2D eigenvalue weighted by Gasteiger charge is 2.44. The molecule has 1 aliphatic rings. The molecule has 32 heavy (non-hydrogen) atoms. The standard InChI is InChI=1S/C23H22BrF3O5/c1-4-30-21(29)22(2,3)32-19-10-7-14(11-18(19)24)16-12-17(16)20(28)13-5-8-15(9-6-13)31-23(25,26)27/h5-11,16-17H,4,12H2,1-3H3. The monoisotopic (exact) mass is 514 g/mol. The van der Waals surface area contributed by atoms with Crippen LogP contribution in [0.1, 0.15) is 49.0 Å². The fraction of sp³-hybridized carbons (Fsp3) is 0.391. The van der Waals surface area contributed by atoms with Crippen molar-refractivity contribution in [2.45, 2.75) is 45.1 Å². The lowest BCUT2D eigenvalue weighted by Crippen LogP contribution is -2.39. The summed E-state index contributed by atoms with van der Waals surface area (Å²) in [6.45, 7) is 5.20. The second-order valence-electron chi connectivity index (χ2n) is 7.91. The molecule has 0 aromatic heterocycles. The molecule has 1 fully saturated rings. The molecule has 0 spiro atoms. The minimum absolute atomic E-state index is 0.00276. The van der Waals surface area contributed by atoms with E-state index in [0.717, 1.165) is 17.7 Å². The summed E-state index contributed by atoms with van der Waals surface area (Å²) in [5.74, 6) is -0.762. The average molecular weight is 515 g/mol. The Kier molecular flexibility index (Phi) is 6.88. The van der Waals surface area contributed by atoms with E-state index in [1.165, 1.54) is 12.1 Å². The zero-order valence-corrected chi connectivity index (χ0v) is 19.2. The second-order valence-corrected chi connectivity index (χ2v) is 8.76. The highest BCUT2D eigenvalue weighted by atomic mass is 79.9. The van der Waals surface area contributed by atoms with Gasteiger partial charge in [0.15, 0.2) is 11.4 Å².